The molecule has 0 saturated carbocycles. The Hall–Kier alpha value is -3.65. The average molecular weight is 550 g/mol. The van der Waals surface area contributed by atoms with Crippen LogP contribution in [-0.2, 0) is 32.5 Å². The van der Waals surface area contributed by atoms with Crippen LogP contribution in [0.3, 0.4) is 0 Å². The summed E-state index contributed by atoms with van der Waals surface area (Å²) < 4.78 is 28.8. The molecule has 0 heterocycles. The third-order valence-corrected chi connectivity index (χ3v) is 8.33. The maximum Gasteiger partial charge on any atom is 0.264 e. The third-order valence-electron chi connectivity index (χ3n) is 6.54. The fourth-order valence-electron chi connectivity index (χ4n) is 4.42. The van der Waals surface area contributed by atoms with Crippen molar-refractivity contribution >= 4 is 27.5 Å². The molecule has 39 heavy (non-hydrogen) atoms. The molecule has 1 N–H and O–H groups in total. The van der Waals surface area contributed by atoms with Crippen molar-refractivity contribution in [1.82, 2.24) is 10.2 Å². The number of hydrogen-bond acceptors (Lipinski definition) is 4. The molecule has 3 aromatic carbocycles. The molecule has 0 fully saturated rings. The van der Waals surface area contributed by atoms with E-state index in [0.717, 1.165) is 21.9 Å². The zero-order valence-corrected chi connectivity index (χ0v) is 24.0. The maximum atomic E-state index is 14.0. The van der Waals surface area contributed by atoms with Crippen LogP contribution in [0.5, 0.6) is 0 Å². The van der Waals surface area contributed by atoms with E-state index in [2.05, 4.69) is 5.32 Å². The zero-order chi connectivity index (χ0) is 28.4. The van der Waals surface area contributed by atoms with Gasteiger partial charge in [-0.3, -0.25) is 13.9 Å². The predicted octanol–water partition coefficient (Wildman–Crippen LogP) is 4.82. The van der Waals surface area contributed by atoms with Crippen LogP contribution in [0.25, 0.3) is 0 Å². The number of benzene rings is 3. The number of carbonyl (C=O) groups excluding carboxylic acids is 2. The summed E-state index contributed by atoms with van der Waals surface area (Å²) in [6.45, 7) is 7.47. The summed E-state index contributed by atoms with van der Waals surface area (Å²) >= 11 is 0. The van der Waals surface area contributed by atoms with Crippen molar-refractivity contribution in [3.8, 4) is 0 Å². The summed E-state index contributed by atoms with van der Waals surface area (Å²) in [6, 6.07) is 24.2. The number of rotatable bonds is 13. The summed E-state index contributed by atoms with van der Waals surface area (Å²) in [4.78, 5) is 28.8. The van der Waals surface area contributed by atoms with E-state index in [4.69, 9.17) is 0 Å². The Bertz CT molecular complexity index is 1310. The van der Waals surface area contributed by atoms with Crippen molar-refractivity contribution in [2.24, 2.45) is 0 Å². The molecule has 0 aliphatic heterocycles. The number of carbonyl (C=O) groups is 2. The smallest absolute Gasteiger partial charge is 0.264 e. The van der Waals surface area contributed by atoms with Crippen LogP contribution in [-0.4, -0.2) is 50.3 Å². The molecule has 3 rings (SSSR count). The number of amides is 2. The Morgan fingerprint density at radius 3 is 1.95 bits per heavy atom. The van der Waals surface area contributed by atoms with Crippen LogP contribution in [0.2, 0.25) is 0 Å². The van der Waals surface area contributed by atoms with Gasteiger partial charge in [0.1, 0.15) is 12.6 Å². The van der Waals surface area contributed by atoms with Crippen LogP contribution >= 0.6 is 0 Å². The van der Waals surface area contributed by atoms with Gasteiger partial charge in [0.15, 0.2) is 0 Å². The normalized spacial score (nSPS) is 12.1. The summed E-state index contributed by atoms with van der Waals surface area (Å²) in [5.41, 5.74) is 2.48. The highest BCUT2D eigenvalue weighted by molar-refractivity contribution is 7.92. The molecule has 0 unspecified atom stereocenters. The molecule has 7 nitrogen and oxygen atoms in total. The SMILES string of the molecule is CCc1ccc(N(CC(=O)N(CCc2ccccc2)[C@H](CC)C(=O)NC(C)C)S(=O)(=O)c2ccccc2)cc1. The lowest BCUT2D eigenvalue weighted by atomic mass is 10.1. The maximum absolute atomic E-state index is 14.0. The predicted molar refractivity (Wildman–Crippen MR) is 156 cm³/mol. The number of sulfonamides is 1. The molecule has 0 bridgehead atoms. The number of aryl methyl sites for hydroxylation is 1. The second-order valence-corrected chi connectivity index (χ2v) is 11.6. The first-order valence-corrected chi connectivity index (χ1v) is 14.9. The molecule has 208 valence electrons. The molecule has 1 atom stereocenters. The van der Waals surface area contributed by atoms with Crippen LogP contribution < -0.4 is 9.62 Å². The second-order valence-electron chi connectivity index (χ2n) is 9.75. The first kappa shape index (κ1) is 29.9. The van der Waals surface area contributed by atoms with Crippen molar-refractivity contribution in [3.05, 3.63) is 96.1 Å². The molecule has 0 saturated heterocycles. The molecule has 3 aromatic rings. The Morgan fingerprint density at radius 1 is 0.821 bits per heavy atom. The first-order valence-electron chi connectivity index (χ1n) is 13.5. The van der Waals surface area contributed by atoms with E-state index in [9.17, 15) is 18.0 Å². The van der Waals surface area contributed by atoms with Crippen molar-refractivity contribution < 1.29 is 18.0 Å². The minimum absolute atomic E-state index is 0.0929. The topological polar surface area (TPSA) is 86.8 Å². The van der Waals surface area contributed by atoms with Gasteiger partial charge in [-0.25, -0.2) is 8.42 Å². The minimum atomic E-state index is -4.06. The van der Waals surface area contributed by atoms with Gasteiger partial charge in [0.2, 0.25) is 11.8 Å². The minimum Gasteiger partial charge on any atom is -0.352 e. The van der Waals surface area contributed by atoms with Crippen LogP contribution in [0.4, 0.5) is 5.69 Å². The van der Waals surface area contributed by atoms with E-state index >= 15 is 0 Å². The molecule has 8 heteroatoms. The molecule has 0 aliphatic rings. The van der Waals surface area contributed by atoms with Gasteiger partial charge in [-0.1, -0.05) is 74.5 Å². The van der Waals surface area contributed by atoms with Gasteiger partial charge in [-0.05, 0) is 68.5 Å². The Labute approximate surface area is 232 Å². The lowest BCUT2D eigenvalue weighted by Gasteiger charge is -2.33. The molecular formula is C31H39N3O4S. The highest BCUT2D eigenvalue weighted by atomic mass is 32.2. The molecule has 0 spiro atoms. The van der Waals surface area contributed by atoms with Crippen molar-refractivity contribution in [1.29, 1.82) is 0 Å². The van der Waals surface area contributed by atoms with Crippen LogP contribution in [0.1, 0.15) is 45.2 Å². The molecule has 0 radical (unpaired) electrons. The van der Waals surface area contributed by atoms with Crippen LogP contribution in [0.15, 0.2) is 89.8 Å². The Morgan fingerprint density at radius 2 is 1.41 bits per heavy atom. The van der Waals surface area contributed by atoms with E-state index in [1.165, 1.54) is 17.0 Å². The van der Waals surface area contributed by atoms with E-state index in [1.54, 1.807) is 30.3 Å². The van der Waals surface area contributed by atoms with E-state index in [-0.39, 0.29) is 23.4 Å². The summed E-state index contributed by atoms with van der Waals surface area (Å²) in [6.07, 6.45) is 1.74. The van der Waals surface area contributed by atoms with Crippen LogP contribution in [0, 0.1) is 0 Å². The summed E-state index contributed by atoms with van der Waals surface area (Å²) in [7, 11) is -4.06. The van der Waals surface area contributed by atoms with Gasteiger partial charge >= 0.3 is 0 Å². The summed E-state index contributed by atoms with van der Waals surface area (Å²) in [5.74, 6) is -0.686. The van der Waals surface area contributed by atoms with Gasteiger partial charge in [-0.2, -0.15) is 0 Å². The largest absolute Gasteiger partial charge is 0.352 e. The van der Waals surface area contributed by atoms with Crippen molar-refractivity contribution in [2.75, 3.05) is 17.4 Å². The Kier molecular flexibility index (Phi) is 10.7. The fraction of sp³-hybridized carbons (Fsp3) is 0.355. The standard InChI is InChI=1S/C31H39N3O4S/c1-5-25-17-19-27(20-18-25)34(39(37,38)28-15-11-8-12-16-28)23-30(35)33(22-21-26-13-9-7-10-14-26)29(6-2)31(36)32-24(3)4/h7-20,24,29H,5-6,21-23H2,1-4H3,(H,32,36)/t29-/m1/s1. The number of hydrogen-bond donors (Lipinski definition) is 1. The Balaban J connectivity index is 2.00. The number of nitrogens with zero attached hydrogens (tertiary/aromatic N) is 2. The van der Waals surface area contributed by atoms with Crippen molar-refractivity contribution in [3.63, 3.8) is 0 Å². The quantitative estimate of drug-likeness (QED) is 0.331. The van der Waals surface area contributed by atoms with Gasteiger partial charge < -0.3 is 10.2 Å². The molecule has 2 amide bonds. The lowest BCUT2D eigenvalue weighted by molar-refractivity contribution is -0.139. The van der Waals surface area contributed by atoms with Gasteiger partial charge in [0, 0.05) is 12.6 Å². The van der Waals surface area contributed by atoms with E-state index < -0.39 is 28.5 Å². The highest BCUT2D eigenvalue weighted by Gasteiger charge is 2.33. The summed E-state index contributed by atoms with van der Waals surface area (Å²) in [5, 5.41) is 2.92. The average Bonchev–Trinajstić information content (AvgIpc) is 2.94. The monoisotopic (exact) mass is 549 g/mol. The van der Waals surface area contributed by atoms with E-state index in [0.29, 0.717) is 18.5 Å². The first-order chi connectivity index (χ1) is 18.7. The van der Waals surface area contributed by atoms with Gasteiger partial charge in [0.05, 0.1) is 10.6 Å². The second kappa shape index (κ2) is 13.9. The zero-order valence-electron chi connectivity index (χ0n) is 23.2. The molecule has 0 aliphatic carbocycles. The van der Waals surface area contributed by atoms with Crippen molar-refractivity contribution in [2.45, 2.75) is 63.9 Å². The third kappa shape index (κ3) is 7.93. The molecule has 0 aromatic heterocycles. The lowest BCUT2D eigenvalue weighted by Crippen LogP contribution is -2.54. The fourth-order valence-corrected chi connectivity index (χ4v) is 5.86. The number of anilines is 1. The highest BCUT2D eigenvalue weighted by Crippen LogP contribution is 2.25. The van der Waals surface area contributed by atoms with E-state index in [1.807, 2.05) is 70.2 Å². The number of nitrogens with one attached hydrogen (secondary N) is 1. The van der Waals surface area contributed by atoms with Gasteiger partial charge in [0.25, 0.3) is 10.0 Å². The molecular weight excluding hydrogens is 510 g/mol. The van der Waals surface area contributed by atoms with Gasteiger partial charge in [-0.15, -0.1) is 0 Å².